The molecule has 13 heteroatoms. The highest BCUT2D eigenvalue weighted by atomic mass is 32.2. The summed E-state index contributed by atoms with van der Waals surface area (Å²) in [5, 5.41) is 15.5. The third-order valence-electron chi connectivity index (χ3n) is 10.8. The highest BCUT2D eigenvalue weighted by molar-refractivity contribution is 7.99. The number of nitrogens with one attached hydrogen (secondary N) is 2. The highest BCUT2D eigenvalue weighted by Gasteiger charge is 2.68. The number of amides is 1. The van der Waals surface area contributed by atoms with Crippen molar-refractivity contribution >= 4 is 47.3 Å². The van der Waals surface area contributed by atoms with Gasteiger partial charge in [-0.15, -0.1) is 11.8 Å². The number of thioether (sulfide) groups is 1. The lowest BCUT2D eigenvalue weighted by Gasteiger charge is -2.64. The van der Waals surface area contributed by atoms with Crippen LogP contribution in [-0.2, 0) is 18.9 Å². The van der Waals surface area contributed by atoms with Crippen molar-refractivity contribution in [1.29, 1.82) is 0 Å². The Morgan fingerprint density at radius 2 is 1.92 bits per heavy atom. The number of carbonyl (C=O) groups excluding carboxylic acids is 2. The van der Waals surface area contributed by atoms with Crippen LogP contribution >= 0.6 is 11.8 Å². The van der Waals surface area contributed by atoms with Crippen LogP contribution in [0.2, 0.25) is 0 Å². The predicted molar refractivity (Wildman–Crippen MR) is 190 cm³/mol. The second-order valence-corrected chi connectivity index (χ2v) is 16.1. The molecule has 3 aliphatic carbocycles. The average Bonchev–Trinajstić information content (AvgIpc) is 3.38. The number of benzene rings is 2. The van der Waals surface area contributed by atoms with Crippen molar-refractivity contribution in [1.82, 2.24) is 10.7 Å². The van der Waals surface area contributed by atoms with Gasteiger partial charge in [-0.25, -0.2) is 15.1 Å². The van der Waals surface area contributed by atoms with Crippen molar-refractivity contribution in [3.05, 3.63) is 52.6 Å². The van der Waals surface area contributed by atoms with Crippen LogP contribution in [0.3, 0.4) is 0 Å². The minimum absolute atomic E-state index is 0.000544. The van der Waals surface area contributed by atoms with Crippen LogP contribution in [0.5, 0.6) is 0 Å². The number of nitrogens with zero attached hydrogens (tertiary/aromatic N) is 2. The molecule has 48 heavy (non-hydrogen) atoms. The van der Waals surface area contributed by atoms with Gasteiger partial charge in [0, 0.05) is 36.0 Å². The molecule has 11 nitrogen and oxygen atoms in total. The molecule has 0 aromatic heterocycles. The second kappa shape index (κ2) is 15.2. The molecule has 1 heterocycles. The first-order valence-electron chi connectivity index (χ1n) is 17.2. The largest absolute Gasteiger partial charge is 0.481 e. The number of rotatable bonds is 16. The minimum Gasteiger partial charge on any atom is -0.404 e. The van der Waals surface area contributed by atoms with Gasteiger partial charge in [0.05, 0.1) is 17.6 Å². The molecule has 1 saturated heterocycles. The molecule has 0 spiro atoms. The number of ketones is 1. The fourth-order valence-electron chi connectivity index (χ4n) is 8.03. The Hall–Kier alpha value is -3.16. The zero-order valence-corrected chi connectivity index (χ0v) is 29.6. The Morgan fingerprint density at radius 3 is 2.62 bits per heavy atom. The monoisotopic (exact) mass is 679 g/mol. The standard InChI is InChI=1S/C35H50BN5O6S/c1-22(2)17-31(36-46-30-21-26-20-29(34(26,3)4)35(30,5)47-36)39-32(43)25(11-8-15-38-33(37)40-41(44)45)18-27(42)14-16-48-28-13-12-23-9-6-7-10-24(23)19-28/h6-7,9-10,12-13,19,22,25-26,29-31H,8,11,14-18,20-21H2,1-5H3,(H,39,43)(H3,37,38,40)/t25-,26+,29+,30-,31+,35+/m1/s1. The fourth-order valence-corrected chi connectivity index (χ4v) is 8.97. The van der Waals surface area contributed by atoms with Crippen molar-refractivity contribution in [2.24, 2.45) is 39.8 Å². The molecule has 4 fully saturated rings. The average molecular weight is 680 g/mol. The zero-order chi connectivity index (χ0) is 34.6. The van der Waals surface area contributed by atoms with E-state index >= 15 is 0 Å². The Balaban J connectivity index is 1.22. The van der Waals surface area contributed by atoms with Gasteiger partial charge in [0.1, 0.15) is 5.78 Å². The van der Waals surface area contributed by atoms with Crippen LogP contribution in [0.4, 0.5) is 0 Å². The summed E-state index contributed by atoms with van der Waals surface area (Å²) >= 11 is 1.63. The molecular weight excluding hydrogens is 629 g/mol. The van der Waals surface area contributed by atoms with Gasteiger partial charge in [-0.05, 0) is 85.1 Å². The molecule has 0 unspecified atom stereocenters. The first kappa shape index (κ1) is 36.1. The van der Waals surface area contributed by atoms with Crippen LogP contribution in [0.15, 0.2) is 52.4 Å². The molecular formula is C35H50BN5O6S. The fraction of sp³-hybridized carbons (Fsp3) is 0.629. The molecule has 0 radical (unpaired) electrons. The van der Waals surface area contributed by atoms with Gasteiger partial charge in [-0.2, -0.15) is 0 Å². The SMILES string of the molecule is CC(C)C[C@H](NC(=O)[C@H](CCCN=C(N)N[N+](=O)[O-])CC(=O)CCSc1ccc2ccccc2c1)B1O[C@@H]2C[C@@H]3C[C@@H](C3(C)C)[C@]2(C)O1. The summed E-state index contributed by atoms with van der Waals surface area (Å²) < 4.78 is 13.3. The summed E-state index contributed by atoms with van der Waals surface area (Å²) in [4.78, 5) is 43.0. The number of carbonyl (C=O) groups is 2. The van der Waals surface area contributed by atoms with E-state index in [0.717, 1.165) is 23.1 Å². The van der Waals surface area contributed by atoms with E-state index in [9.17, 15) is 19.7 Å². The maximum Gasteiger partial charge on any atom is 0.481 e. The molecule has 6 rings (SSSR count). The van der Waals surface area contributed by atoms with Crippen LogP contribution in [-0.4, -0.2) is 59.7 Å². The van der Waals surface area contributed by atoms with E-state index in [1.54, 1.807) is 11.8 Å². The van der Waals surface area contributed by atoms with Gasteiger partial charge in [-0.3, -0.25) is 9.59 Å². The zero-order valence-electron chi connectivity index (χ0n) is 28.8. The molecule has 2 aromatic carbocycles. The number of hydrazine groups is 1. The Morgan fingerprint density at radius 1 is 1.17 bits per heavy atom. The van der Waals surface area contributed by atoms with E-state index in [1.165, 1.54) is 5.39 Å². The van der Waals surface area contributed by atoms with Gasteiger partial charge in [0.2, 0.25) is 5.91 Å². The summed E-state index contributed by atoms with van der Waals surface area (Å²) in [7, 11) is -0.561. The number of guanidine groups is 1. The normalized spacial score (nSPS) is 25.7. The maximum absolute atomic E-state index is 13.9. The van der Waals surface area contributed by atoms with Crippen LogP contribution in [0.1, 0.15) is 79.6 Å². The number of fused-ring (bicyclic) bond motifs is 1. The van der Waals surface area contributed by atoms with Gasteiger partial charge in [0.15, 0.2) is 5.03 Å². The molecule has 2 bridgehead atoms. The summed E-state index contributed by atoms with van der Waals surface area (Å²) in [6, 6.07) is 14.5. The third kappa shape index (κ3) is 8.34. The first-order chi connectivity index (χ1) is 22.8. The summed E-state index contributed by atoms with van der Waals surface area (Å²) in [6.45, 7) is 11.2. The predicted octanol–water partition coefficient (Wildman–Crippen LogP) is 5.57. The lowest BCUT2D eigenvalue weighted by atomic mass is 9.43. The van der Waals surface area contributed by atoms with E-state index in [1.807, 2.05) is 17.6 Å². The van der Waals surface area contributed by atoms with Crippen molar-refractivity contribution in [2.45, 2.75) is 102 Å². The summed E-state index contributed by atoms with van der Waals surface area (Å²) in [5.74, 6) is 0.454. The number of aliphatic imine (C=N–C) groups is 1. The van der Waals surface area contributed by atoms with E-state index in [0.29, 0.717) is 43.3 Å². The lowest BCUT2D eigenvalue weighted by molar-refractivity contribution is -0.525. The minimum atomic E-state index is -0.771. The van der Waals surface area contributed by atoms with Crippen molar-refractivity contribution in [2.75, 3.05) is 12.3 Å². The van der Waals surface area contributed by atoms with Crippen molar-refractivity contribution in [3.8, 4) is 0 Å². The Bertz CT molecular complexity index is 1520. The maximum atomic E-state index is 13.9. The molecule has 2 aromatic rings. The number of nitrogens with two attached hydrogens (primary N) is 1. The van der Waals surface area contributed by atoms with Crippen molar-refractivity contribution < 1.29 is 23.9 Å². The van der Waals surface area contributed by atoms with E-state index < -0.39 is 23.7 Å². The summed E-state index contributed by atoms with van der Waals surface area (Å²) in [5.41, 5.74) is 7.22. The van der Waals surface area contributed by atoms with E-state index in [2.05, 4.69) is 75.3 Å². The van der Waals surface area contributed by atoms with Crippen molar-refractivity contribution in [3.63, 3.8) is 0 Å². The van der Waals surface area contributed by atoms with Gasteiger partial charge in [0.25, 0.3) is 5.96 Å². The molecule has 1 aliphatic heterocycles. The second-order valence-electron chi connectivity index (χ2n) is 14.9. The van der Waals surface area contributed by atoms with E-state index in [-0.39, 0.29) is 54.0 Å². The van der Waals surface area contributed by atoms with E-state index in [4.69, 9.17) is 15.0 Å². The Labute approximate surface area is 288 Å². The number of Topliss-reactive ketones (excluding diaryl/α,β-unsaturated/α-hetero) is 1. The van der Waals surface area contributed by atoms with Crippen LogP contribution in [0.25, 0.3) is 10.8 Å². The molecule has 3 saturated carbocycles. The molecule has 1 amide bonds. The lowest BCUT2D eigenvalue weighted by Crippen LogP contribution is -2.65. The number of hydrogen-bond acceptors (Lipinski definition) is 8. The number of nitro groups is 1. The summed E-state index contributed by atoms with van der Waals surface area (Å²) in [6.07, 6.45) is 4.02. The Kier molecular flexibility index (Phi) is 11.4. The molecule has 260 valence electrons. The van der Waals surface area contributed by atoms with Gasteiger partial charge in [-0.1, -0.05) is 63.5 Å². The molecule has 4 N–H and O–H groups in total. The molecule has 4 aliphatic rings. The number of hydrogen-bond donors (Lipinski definition) is 3. The topological polar surface area (TPSA) is 158 Å². The van der Waals surface area contributed by atoms with Gasteiger partial charge >= 0.3 is 7.12 Å². The smallest absolute Gasteiger partial charge is 0.404 e. The quantitative estimate of drug-likeness (QED) is 0.0392. The van der Waals surface area contributed by atoms with Gasteiger partial charge < -0.3 is 20.4 Å². The third-order valence-corrected chi connectivity index (χ3v) is 11.8. The molecule has 6 atom stereocenters. The van der Waals surface area contributed by atoms with Crippen LogP contribution < -0.4 is 16.5 Å². The van der Waals surface area contributed by atoms with Crippen LogP contribution in [0, 0.1) is 39.2 Å². The first-order valence-corrected chi connectivity index (χ1v) is 18.2. The highest BCUT2D eigenvalue weighted by Crippen LogP contribution is 2.65.